The van der Waals surface area contributed by atoms with Gasteiger partial charge in [-0.3, -0.25) is 10.1 Å². The lowest BCUT2D eigenvalue weighted by Gasteiger charge is -2.12. The van der Waals surface area contributed by atoms with Crippen LogP contribution in [0.25, 0.3) is 0 Å². The van der Waals surface area contributed by atoms with Crippen LogP contribution in [-0.2, 0) is 6.54 Å². The van der Waals surface area contributed by atoms with E-state index in [0.29, 0.717) is 13.2 Å². The van der Waals surface area contributed by atoms with Gasteiger partial charge in [0.15, 0.2) is 0 Å². The molecule has 0 aromatic heterocycles. The third-order valence-electron chi connectivity index (χ3n) is 2.79. The van der Waals surface area contributed by atoms with Gasteiger partial charge in [0.05, 0.1) is 17.2 Å². The van der Waals surface area contributed by atoms with Crippen LogP contribution >= 0.6 is 0 Å². The van der Waals surface area contributed by atoms with Gasteiger partial charge in [0.1, 0.15) is 5.75 Å². The molecule has 0 saturated heterocycles. The van der Waals surface area contributed by atoms with Crippen molar-refractivity contribution in [1.29, 1.82) is 0 Å². The number of benzene rings is 2. The Labute approximate surface area is 117 Å². The topological polar surface area (TPSA) is 64.4 Å². The fourth-order valence-electron chi connectivity index (χ4n) is 1.87. The van der Waals surface area contributed by atoms with Gasteiger partial charge in [-0.15, -0.1) is 0 Å². The predicted octanol–water partition coefficient (Wildman–Crippen LogP) is 3.61. The van der Waals surface area contributed by atoms with Crippen LogP contribution in [0.4, 0.5) is 11.4 Å². The zero-order chi connectivity index (χ0) is 14.4. The quantitative estimate of drug-likeness (QED) is 0.644. The van der Waals surface area contributed by atoms with E-state index in [-0.39, 0.29) is 5.69 Å². The monoisotopic (exact) mass is 272 g/mol. The molecule has 0 amide bonds. The molecule has 0 fully saturated rings. The van der Waals surface area contributed by atoms with Crippen molar-refractivity contribution >= 4 is 11.4 Å². The summed E-state index contributed by atoms with van der Waals surface area (Å²) in [5.41, 5.74) is 1.83. The Morgan fingerprint density at radius 2 is 2.00 bits per heavy atom. The zero-order valence-corrected chi connectivity index (χ0v) is 11.2. The van der Waals surface area contributed by atoms with Crippen molar-refractivity contribution in [2.24, 2.45) is 0 Å². The Kier molecular flexibility index (Phi) is 4.55. The summed E-state index contributed by atoms with van der Waals surface area (Å²) in [6, 6.07) is 14.2. The molecule has 0 unspecified atom stereocenters. The molecule has 104 valence electrons. The van der Waals surface area contributed by atoms with Gasteiger partial charge in [-0.1, -0.05) is 24.3 Å². The van der Waals surface area contributed by atoms with Crippen molar-refractivity contribution in [3.8, 4) is 5.75 Å². The van der Waals surface area contributed by atoms with Gasteiger partial charge in [0.2, 0.25) is 0 Å². The van der Waals surface area contributed by atoms with Crippen molar-refractivity contribution in [2.45, 2.75) is 13.5 Å². The summed E-state index contributed by atoms with van der Waals surface area (Å²) in [6.45, 7) is 3.03. The van der Waals surface area contributed by atoms with E-state index in [1.54, 1.807) is 12.1 Å². The maximum absolute atomic E-state index is 10.7. The fraction of sp³-hybridized carbons (Fsp3) is 0.200. The Bertz CT molecular complexity index is 599. The highest BCUT2D eigenvalue weighted by molar-refractivity contribution is 5.56. The summed E-state index contributed by atoms with van der Waals surface area (Å²) in [6.07, 6.45) is 0. The molecule has 0 radical (unpaired) electrons. The number of para-hydroxylation sites is 2. The number of nitro groups is 1. The average Bonchev–Trinajstić information content (AvgIpc) is 2.47. The van der Waals surface area contributed by atoms with Gasteiger partial charge < -0.3 is 10.1 Å². The Morgan fingerprint density at radius 3 is 2.75 bits per heavy atom. The first-order valence-corrected chi connectivity index (χ1v) is 6.39. The van der Waals surface area contributed by atoms with Crippen molar-refractivity contribution in [2.75, 3.05) is 11.9 Å². The van der Waals surface area contributed by atoms with Crippen LogP contribution in [0.3, 0.4) is 0 Å². The molecule has 2 aromatic carbocycles. The SMILES string of the molecule is CCOc1ccccc1NCc1cccc([N+](=O)[O-])c1. The van der Waals surface area contributed by atoms with E-state index >= 15 is 0 Å². The molecule has 0 aliphatic heterocycles. The fourth-order valence-corrected chi connectivity index (χ4v) is 1.87. The first-order valence-electron chi connectivity index (χ1n) is 6.39. The molecule has 0 aliphatic carbocycles. The highest BCUT2D eigenvalue weighted by Crippen LogP contribution is 2.24. The predicted molar refractivity (Wildman–Crippen MR) is 78.0 cm³/mol. The Morgan fingerprint density at radius 1 is 1.20 bits per heavy atom. The van der Waals surface area contributed by atoms with Gasteiger partial charge in [0, 0.05) is 18.7 Å². The first kappa shape index (κ1) is 13.9. The minimum atomic E-state index is -0.391. The summed E-state index contributed by atoms with van der Waals surface area (Å²) in [7, 11) is 0. The zero-order valence-electron chi connectivity index (χ0n) is 11.2. The van der Waals surface area contributed by atoms with Gasteiger partial charge in [0.25, 0.3) is 5.69 Å². The van der Waals surface area contributed by atoms with Crippen molar-refractivity contribution in [1.82, 2.24) is 0 Å². The van der Waals surface area contributed by atoms with Crippen LogP contribution in [0, 0.1) is 10.1 Å². The smallest absolute Gasteiger partial charge is 0.269 e. The van der Waals surface area contributed by atoms with E-state index in [1.165, 1.54) is 6.07 Å². The Hall–Kier alpha value is -2.56. The Balaban J connectivity index is 2.09. The maximum Gasteiger partial charge on any atom is 0.269 e. The second-order valence-corrected chi connectivity index (χ2v) is 4.21. The standard InChI is InChI=1S/C15H16N2O3/c1-2-20-15-9-4-3-8-14(15)16-11-12-6-5-7-13(10-12)17(18)19/h3-10,16H,2,11H2,1H3. The van der Waals surface area contributed by atoms with E-state index in [2.05, 4.69) is 5.32 Å². The molecule has 0 heterocycles. The number of nitrogens with one attached hydrogen (secondary N) is 1. The highest BCUT2D eigenvalue weighted by atomic mass is 16.6. The number of non-ortho nitro benzene ring substituents is 1. The largest absolute Gasteiger partial charge is 0.492 e. The van der Waals surface area contributed by atoms with E-state index in [1.807, 2.05) is 37.3 Å². The molecule has 0 saturated carbocycles. The molecule has 1 N–H and O–H groups in total. The third-order valence-corrected chi connectivity index (χ3v) is 2.79. The number of nitrogens with zero attached hydrogens (tertiary/aromatic N) is 1. The van der Waals surface area contributed by atoms with Crippen LogP contribution < -0.4 is 10.1 Å². The van der Waals surface area contributed by atoms with Crippen LogP contribution in [0.2, 0.25) is 0 Å². The molecule has 5 heteroatoms. The lowest BCUT2D eigenvalue weighted by Crippen LogP contribution is -2.03. The molecule has 0 atom stereocenters. The third kappa shape index (κ3) is 3.47. The number of hydrogen-bond acceptors (Lipinski definition) is 4. The second-order valence-electron chi connectivity index (χ2n) is 4.21. The summed E-state index contributed by atoms with van der Waals surface area (Å²) in [5.74, 6) is 0.778. The number of ether oxygens (including phenoxy) is 1. The lowest BCUT2D eigenvalue weighted by molar-refractivity contribution is -0.384. The molecule has 0 spiro atoms. The molecule has 0 bridgehead atoms. The van der Waals surface area contributed by atoms with Crippen LogP contribution in [-0.4, -0.2) is 11.5 Å². The molecule has 2 aromatic rings. The van der Waals surface area contributed by atoms with Crippen LogP contribution in [0.1, 0.15) is 12.5 Å². The van der Waals surface area contributed by atoms with Gasteiger partial charge >= 0.3 is 0 Å². The number of anilines is 1. The summed E-state index contributed by atoms with van der Waals surface area (Å²) < 4.78 is 5.52. The van der Waals surface area contributed by atoms with E-state index in [0.717, 1.165) is 17.0 Å². The normalized spacial score (nSPS) is 10.1. The van der Waals surface area contributed by atoms with Crippen molar-refractivity contribution in [3.63, 3.8) is 0 Å². The van der Waals surface area contributed by atoms with Crippen molar-refractivity contribution in [3.05, 3.63) is 64.2 Å². The van der Waals surface area contributed by atoms with Crippen LogP contribution in [0.5, 0.6) is 5.75 Å². The lowest BCUT2D eigenvalue weighted by atomic mass is 10.2. The average molecular weight is 272 g/mol. The van der Waals surface area contributed by atoms with Crippen LogP contribution in [0.15, 0.2) is 48.5 Å². The van der Waals surface area contributed by atoms with E-state index < -0.39 is 4.92 Å². The van der Waals surface area contributed by atoms with Crippen molar-refractivity contribution < 1.29 is 9.66 Å². The molecular weight excluding hydrogens is 256 g/mol. The highest BCUT2D eigenvalue weighted by Gasteiger charge is 2.06. The minimum absolute atomic E-state index is 0.0994. The second kappa shape index (κ2) is 6.56. The molecule has 5 nitrogen and oxygen atoms in total. The number of rotatable bonds is 6. The van der Waals surface area contributed by atoms with Gasteiger partial charge in [-0.2, -0.15) is 0 Å². The molecule has 2 rings (SSSR count). The number of hydrogen-bond donors (Lipinski definition) is 1. The minimum Gasteiger partial charge on any atom is -0.492 e. The molecular formula is C15H16N2O3. The number of nitro benzene ring substituents is 1. The van der Waals surface area contributed by atoms with E-state index in [4.69, 9.17) is 4.74 Å². The first-order chi connectivity index (χ1) is 9.70. The summed E-state index contributed by atoms with van der Waals surface area (Å²) >= 11 is 0. The summed E-state index contributed by atoms with van der Waals surface area (Å²) in [5, 5.41) is 14.0. The summed E-state index contributed by atoms with van der Waals surface area (Å²) in [4.78, 5) is 10.3. The van der Waals surface area contributed by atoms with Gasteiger partial charge in [-0.05, 0) is 24.6 Å². The van der Waals surface area contributed by atoms with Gasteiger partial charge in [-0.25, -0.2) is 0 Å². The van der Waals surface area contributed by atoms with E-state index in [9.17, 15) is 10.1 Å². The molecule has 0 aliphatic rings. The molecule has 20 heavy (non-hydrogen) atoms. The maximum atomic E-state index is 10.7.